The van der Waals surface area contributed by atoms with Gasteiger partial charge in [0.2, 0.25) is 0 Å². The Bertz CT molecular complexity index is 488. The van der Waals surface area contributed by atoms with Crippen LogP contribution >= 0.6 is 11.6 Å². The first-order chi connectivity index (χ1) is 9.72. The van der Waals surface area contributed by atoms with Crippen LogP contribution in [0.5, 0.6) is 0 Å². The Hall–Kier alpha value is -1.11. The molecule has 1 aliphatic carbocycles. The molecule has 0 radical (unpaired) electrons. The topological polar surface area (TPSA) is 76.4 Å². The number of aliphatic hydroxyl groups is 1. The molecule has 0 spiro atoms. The molecule has 1 heterocycles. The van der Waals surface area contributed by atoms with Crippen LogP contribution in [0.1, 0.15) is 19.3 Å². The van der Waals surface area contributed by atoms with Gasteiger partial charge in [0, 0.05) is 19.8 Å². The van der Waals surface area contributed by atoms with Crippen LogP contribution in [0.2, 0.25) is 5.02 Å². The lowest BCUT2D eigenvalue weighted by molar-refractivity contribution is 0.124. The maximum atomic E-state index is 11.8. The number of aromatic nitrogens is 2. The summed E-state index contributed by atoms with van der Waals surface area (Å²) in [5.74, 6) is 0.778. The van der Waals surface area contributed by atoms with Gasteiger partial charge in [0.1, 0.15) is 5.02 Å². The summed E-state index contributed by atoms with van der Waals surface area (Å²) in [4.78, 5) is 11.8. The minimum absolute atomic E-state index is 0.104. The van der Waals surface area contributed by atoms with Crippen LogP contribution < -0.4 is 10.9 Å². The van der Waals surface area contributed by atoms with E-state index in [1.807, 2.05) is 0 Å². The molecular weight excluding hydrogens is 282 g/mol. The lowest BCUT2D eigenvalue weighted by atomic mass is 10.4. The summed E-state index contributed by atoms with van der Waals surface area (Å²) in [6.45, 7) is 2.24. The molecule has 112 valence electrons. The van der Waals surface area contributed by atoms with Crippen LogP contribution in [0.3, 0.4) is 0 Å². The fourth-order valence-electron chi connectivity index (χ4n) is 1.77. The first kappa shape index (κ1) is 15.3. The van der Waals surface area contributed by atoms with Crippen molar-refractivity contribution in [3.8, 4) is 0 Å². The molecule has 0 aromatic carbocycles. The van der Waals surface area contributed by atoms with E-state index in [0.29, 0.717) is 18.8 Å². The van der Waals surface area contributed by atoms with Crippen LogP contribution in [0.4, 0.5) is 5.69 Å². The molecule has 2 N–H and O–H groups in total. The van der Waals surface area contributed by atoms with Gasteiger partial charge >= 0.3 is 0 Å². The molecule has 20 heavy (non-hydrogen) atoms. The molecule has 1 fully saturated rings. The van der Waals surface area contributed by atoms with Gasteiger partial charge in [0.15, 0.2) is 0 Å². The zero-order valence-corrected chi connectivity index (χ0v) is 12.1. The van der Waals surface area contributed by atoms with Gasteiger partial charge in [-0.25, -0.2) is 4.68 Å². The summed E-state index contributed by atoms with van der Waals surface area (Å²) < 4.78 is 6.66. The summed E-state index contributed by atoms with van der Waals surface area (Å²) in [6.07, 6.45) is 4.94. The maximum Gasteiger partial charge on any atom is 0.287 e. The predicted octanol–water partition coefficient (Wildman–Crippen LogP) is 1.12. The van der Waals surface area contributed by atoms with Gasteiger partial charge in [-0.3, -0.25) is 4.79 Å². The number of halogens is 1. The first-order valence-corrected chi connectivity index (χ1v) is 7.28. The maximum absolute atomic E-state index is 11.8. The van der Waals surface area contributed by atoms with Crippen molar-refractivity contribution in [3.63, 3.8) is 0 Å². The van der Waals surface area contributed by atoms with Crippen molar-refractivity contribution in [2.75, 3.05) is 31.7 Å². The summed E-state index contributed by atoms with van der Waals surface area (Å²) in [7, 11) is 0. The molecule has 0 bridgehead atoms. The van der Waals surface area contributed by atoms with Gasteiger partial charge in [-0.05, 0) is 25.2 Å². The lowest BCUT2D eigenvalue weighted by Crippen LogP contribution is -2.25. The van der Waals surface area contributed by atoms with Gasteiger partial charge in [0.25, 0.3) is 5.56 Å². The molecule has 0 aliphatic heterocycles. The van der Waals surface area contributed by atoms with E-state index in [4.69, 9.17) is 21.4 Å². The molecule has 1 aromatic rings. The monoisotopic (exact) mass is 301 g/mol. The third kappa shape index (κ3) is 4.47. The molecule has 7 heteroatoms. The summed E-state index contributed by atoms with van der Waals surface area (Å²) in [5, 5.41) is 15.9. The fraction of sp³-hybridized carbons (Fsp3) is 0.692. The van der Waals surface area contributed by atoms with Gasteiger partial charge in [-0.1, -0.05) is 11.6 Å². The average molecular weight is 302 g/mol. The van der Waals surface area contributed by atoms with E-state index in [-0.39, 0.29) is 18.2 Å². The van der Waals surface area contributed by atoms with Crippen molar-refractivity contribution in [2.24, 2.45) is 5.92 Å². The highest BCUT2D eigenvalue weighted by molar-refractivity contribution is 6.32. The number of ether oxygens (including phenoxy) is 1. The predicted molar refractivity (Wildman–Crippen MR) is 77.2 cm³/mol. The van der Waals surface area contributed by atoms with Crippen molar-refractivity contribution >= 4 is 17.3 Å². The zero-order chi connectivity index (χ0) is 14.4. The number of hydrogen-bond donors (Lipinski definition) is 2. The number of nitrogens with zero attached hydrogens (tertiary/aromatic N) is 2. The van der Waals surface area contributed by atoms with E-state index in [1.165, 1.54) is 19.0 Å². The molecule has 1 aromatic heterocycles. The van der Waals surface area contributed by atoms with Crippen molar-refractivity contribution in [1.82, 2.24) is 9.78 Å². The van der Waals surface area contributed by atoms with Crippen LogP contribution in [-0.2, 0) is 11.3 Å². The second kappa shape index (κ2) is 7.61. The van der Waals surface area contributed by atoms with E-state index in [9.17, 15) is 4.79 Å². The van der Waals surface area contributed by atoms with Crippen LogP contribution in [-0.4, -0.2) is 41.3 Å². The fourth-order valence-corrected chi connectivity index (χ4v) is 1.99. The molecule has 0 amide bonds. The normalized spacial score (nSPS) is 14.5. The van der Waals surface area contributed by atoms with Crippen LogP contribution in [0.25, 0.3) is 0 Å². The molecule has 1 saturated carbocycles. The largest absolute Gasteiger partial charge is 0.394 e. The molecule has 1 aliphatic rings. The number of nitrogens with one attached hydrogen (secondary N) is 1. The van der Waals surface area contributed by atoms with Crippen LogP contribution in [0, 0.1) is 5.92 Å². The van der Waals surface area contributed by atoms with E-state index >= 15 is 0 Å². The van der Waals surface area contributed by atoms with E-state index in [0.717, 1.165) is 23.6 Å². The Morgan fingerprint density at radius 2 is 2.35 bits per heavy atom. The number of rotatable bonds is 9. The van der Waals surface area contributed by atoms with Gasteiger partial charge in [0.05, 0.1) is 25.0 Å². The number of aliphatic hydroxyl groups excluding tert-OH is 1. The summed E-state index contributed by atoms with van der Waals surface area (Å²) in [6, 6.07) is 0. The van der Waals surface area contributed by atoms with E-state index in [1.54, 1.807) is 0 Å². The third-order valence-electron chi connectivity index (χ3n) is 3.13. The Morgan fingerprint density at radius 3 is 3.05 bits per heavy atom. The number of hydrogen-bond acceptors (Lipinski definition) is 5. The van der Waals surface area contributed by atoms with E-state index < -0.39 is 5.56 Å². The number of anilines is 1. The van der Waals surface area contributed by atoms with Crippen molar-refractivity contribution in [2.45, 2.75) is 25.8 Å². The van der Waals surface area contributed by atoms with Gasteiger partial charge in [-0.15, -0.1) is 0 Å². The molecule has 0 unspecified atom stereocenters. The standard InChI is InChI=1S/C13H20ClN3O3/c14-12-11(8-16-17(5-6-18)13(12)19)15-4-1-7-20-9-10-2-3-10/h8,10,15,18H,1-7,9H2. The lowest BCUT2D eigenvalue weighted by Gasteiger charge is -2.09. The highest BCUT2D eigenvalue weighted by Crippen LogP contribution is 2.28. The second-order valence-electron chi connectivity index (χ2n) is 4.92. The SMILES string of the molecule is O=c1c(Cl)c(NCCCOCC2CC2)cnn1CCO. The third-order valence-corrected chi connectivity index (χ3v) is 3.49. The molecule has 6 nitrogen and oxygen atoms in total. The van der Waals surface area contributed by atoms with E-state index in [2.05, 4.69) is 10.4 Å². The quantitative estimate of drug-likeness (QED) is 0.668. The first-order valence-electron chi connectivity index (χ1n) is 6.90. The molecule has 2 rings (SSSR count). The highest BCUT2D eigenvalue weighted by atomic mass is 35.5. The zero-order valence-electron chi connectivity index (χ0n) is 11.3. The van der Waals surface area contributed by atoms with Gasteiger partial charge in [-0.2, -0.15) is 5.10 Å². The van der Waals surface area contributed by atoms with Gasteiger partial charge < -0.3 is 15.2 Å². The Kier molecular flexibility index (Phi) is 5.82. The molecule has 0 atom stereocenters. The minimum atomic E-state index is -0.393. The second-order valence-corrected chi connectivity index (χ2v) is 5.30. The van der Waals surface area contributed by atoms with Crippen molar-refractivity contribution in [1.29, 1.82) is 0 Å². The summed E-state index contributed by atoms with van der Waals surface area (Å²) >= 11 is 5.98. The van der Waals surface area contributed by atoms with Crippen molar-refractivity contribution in [3.05, 3.63) is 21.6 Å². The Morgan fingerprint density at radius 1 is 1.55 bits per heavy atom. The van der Waals surface area contributed by atoms with Crippen LogP contribution in [0.15, 0.2) is 11.0 Å². The molecular formula is C13H20ClN3O3. The summed E-state index contributed by atoms with van der Waals surface area (Å²) in [5.41, 5.74) is 0.128. The Balaban J connectivity index is 1.74. The minimum Gasteiger partial charge on any atom is -0.394 e. The Labute approximate surface area is 122 Å². The highest BCUT2D eigenvalue weighted by Gasteiger charge is 2.20. The molecule has 0 saturated heterocycles. The average Bonchev–Trinajstić information content (AvgIpc) is 3.25. The smallest absolute Gasteiger partial charge is 0.287 e. The van der Waals surface area contributed by atoms with Crippen molar-refractivity contribution < 1.29 is 9.84 Å².